The van der Waals surface area contributed by atoms with Crippen molar-refractivity contribution in [2.75, 3.05) is 18.0 Å². The van der Waals surface area contributed by atoms with E-state index in [-0.39, 0.29) is 12.1 Å². The zero-order valence-corrected chi connectivity index (χ0v) is 20.5. The van der Waals surface area contributed by atoms with Crippen LogP contribution in [-0.2, 0) is 9.47 Å². The Hall–Kier alpha value is -2.36. The minimum absolute atomic E-state index is 0.298. The number of fused-ring (bicyclic) bond motifs is 1. The number of anilines is 1. The first kappa shape index (κ1) is 23.3. The first-order valence-electron chi connectivity index (χ1n) is 10.3. The molecule has 2 aromatic rings. The van der Waals surface area contributed by atoms with Crippen molar-refractivity contribution in [3.63, 3.8) is 0 Å². The molecule has 0 saturated carbocycles. The van der Waals surface area contributed by atoms with Gasteiger partial charge in [0.1, 0.15) is 17.0 Å². The molecule has 31 heavy (non-hydrogen) atoms. The molecule has 0 N–H and O–H groups in total. The number of likely N-dealkylation sites (tertiary alicyclic amines) is 1. The molecule has 1 aliphatic rings. The summed E-state index contributed by atoms with van der Waals surface area (Å²) in [4.78, 5) is 33.7. The van der Waals surface area contributed by atoms with Crippen LogP contribution in [0.3, 0.4) is 0 Å². The summed E-state index contributed by atoms with van der Waals surface area (Å²) in [6.07, 6.45) is 3.95. The van der Waals surface area contributed by atoms with E-state index >= 15 is 0 Å². The summed E-state index contributed by atoms with van der Waals surface area (Å²) < 4.78 is 13.6. The largest absolute Gasteiger partial charge is 0.444 e. The predicted octanol–water partition coefficient (Wildman–Crippen LogP) is 4.63. The smallest absolute Gasteiger partial charge is 0.416 e. The molecule has 0 aromatic carbocycles. The molecule has 3 rings (SSSR count). The molecule has 3 heterocycles. The Kier molecular flexibility index (Phi) is 6.50. The van der Waals surface area contributed by atoms with Crippen molar-refractivity contribution in [2.45, 2.75) is 71.6 Å². The van der Waals surface area contributed by atoms with Gasteiger partial charge >= 0.3 is 12.2 Å². The molecule has 2 aromatic heterocycles. The van der Waals surface area contributed by atoms with E-state index in [1.807, 2.05) is 41.5 Å². The predicted molar refractivity (Wildman–Crippen MR) is 120 cm³/mol. The van der Waals surface area contributed by atoms with Gasteiger partial charge in [-0.3, -0.25) is 4.90 Å². The summed E-state index contributed by atoms with van der Waals surface area (Å²) in [7, 11) is 0. The summed E-state index contributed by atoms with van der Waals surface area (Å²) in [5.74, 6) is 0.444. The van der Waals surface area contributed by atoms with Crippen LogP contribution in [0.5, 0.6) is 0 Å². The van der Waals surface area contributed by atoms with Crippen LogP contribution < -0.4 is 4.90 Å². The maximum absolute atomic E-state index is 13.2. The Morgan fingerprint density at radius 2 is 1.84 bits per heavy atom. The van der Waals surface area contributed by atoms with E-state index in [1.165, 1.54) is 0 Å². The van der Waals surface area contributed by atoms with E-state index in [0.29, 0.717) is 31.0 Å². The van der Waals surface area contributed by atoms with E-state index in [2.05, 4.69) is 26.0 Å². The highest BCUT2D eigenvalue weighted by atomic mass is 79.9. The molecule has 1 saturated heterocycles. The number of ether oxygens (including phenoxy) is 2. The third-order valence-corrected chi connectivity index (χ3v) is 5.12. The minimum Gasteiger partial charge on any atom is -0.444 e. The van der Waals surface area contributed by atoms with Crippen molar-refractivity contribution < 1.29 is 19.1 Å². The van der Waals surface area contributed by atoms with Crippen LogP contribution in [-0.4, -0.2) is 62.0 Å². The highest BCUT2D eigenvalue weighted by molar-refractivity contribution is 9.10. The van der Waals surface area contributed by atoms with Crippen LogP contribution in [0.1, 0.15) is 54.4 Å². The maximum Gasteiger partial charge on any atom is 0.416 e. The Morgan fingerprint density at radius 3 is 2.48 bits per heavy atom. The first-order valence-corrected chi connectivity index (χ1v) is 11.1. The summed E-state index contributed by atoms with van der Waals surface area (Å²) in [6, 6.07) is 1.43. The fraction of sp³-hybridized carbons (Fsp3) is 0.619. The van der Waals surface area contributed by atoms with Crippen molar-refractivity contribution in [2.24, 2.45) is 0 Å². The Labute approximate surface area is 190 Å². The van der Waals surface area contributed by atoms with Gasteiger partial charge in [-0.1, -0.05) is 0 Å². The highest BCUT2D eigenvalue weighted by Gasteiger charge is 2.36. The summed E-state index contributed by atoms with van der Waals surface area (Å²) in [5.41, 5.74) is -0.669. The van der Waals surface area contributed by atoms with Gasteiger partial charge in [0.05, 0.1) is 16.7 Å². The molecule has 2 amide bonds. The van der Waals surface area contributed by atoms with Gasteiger partial charge in [0.2, 0.25) is 0 Å². The number of halogens is 1. The average Bonchev–Trinajstić information content (AvgIpc) is 3.00. The van der Waals surface area contributed by atoms with Gasteiger partial charge < -0.3 is 14.4 Å². The summed E-state index contributed by atoms with van der Waals surface area (Å²) >= 11 is 3.44. The van der Waals surface area contributed by atoms with E-state index in [9.17, 15) is 9.59 Å². The molecule has 10 heteroatoms. The molecular formula is C21H30BrN5O4. The fourth-order valence-corrected chi connectivity index (χ4v) is 3.73. The number of carbonyl (C=O) groups is 2. The summed E-state index contributed by atoms with van der Waals surface area (Å²) in [6.45, 7) is 11.9. The van der Waals surface area contributed by atoms with Gasteiger partial charge in [-0.2, -0.15) is 5.10 Å². The number of amides is 2. The van der Waals surface area contributed by atoms with E-state index in [1.54, 1.807) is 32.8 Å². The lowest BCUT2D eigenvalue weighted by Gasteiger charge is -2.39. The third-order valence-electron chi connectivity index (χ3n) is 4.56. The quantitative estimate of drug-likeness (QED) is 0.602. The Morgan fingerprint density at radius 1 is 1.16 bits per heavy atom. The van der Waals surface area contributed by atoms with E-state index < -0.39 is 17.3 Å². The molecule has 1 aliphatic heterocycles. The van der Waals surface area contributed by atoms with Gasteiger partial charge in [-0.15, -0.1) is 0 Å². The van der Waals surface area contributed by atoms with Crippen LogP contribution >= 0.6 is 15.9 Å². The van der Waals surface area contributed by atoms with Gasteiger partial charge in [-0.25, -0.2) is 19.1 Å². The molecule has 0 radical (unpaired) electrons. The van der Waals surface area contributed by atoms with Crippen LogP contribution in [0, 0.1) is 0 Å². The van der Waals surface area contributed by atoms with Crippen LogP contribution in [0.4, 0.5) is 15.4 Å². The van der Waals surface area contributed by atoms with Crippen molar-refractivity contribution in [1.29, 1.82) is 0 Å². The molecule has 170 valence electrons. The van der Waals surface area contributed by atoms with Crippen molar-refractivity contribution in [3.8, 4) is 0 Å². The van der Waals surface area contributed by atoms with E-state index in [0.717, 1.165) is 10.9 Å². The fourth-order valence-electron chi connectivity index (χ4n) is 3.36. The first-order chi connectivity index (χ1) is 14.3. The zero-order valence-electron chi connectivity index (χ0n) is 18.9. The number of aromatic nitrogens is 3. The Bertz CT molecular complexity index is 963. The molecule has 0 aliphatic carbocycles. The van der Waals surface area contributed by atoms with Gasteiger partial charge in [0, 0.05) is 19.3 Å². The average molecular weight is 496 g/mol. The topological polar surface area (TPSA) is 89.3 Å². The zero-order chi connectivity index (χ0) is 23.0. The van der Waals surface area contributed by atoms with E-state index in [4.69, 9.17) is 9.47 Å². The van der Waals surface area contributed by atoms with Gasteiger partial charge in [-0.05, 0) is 76.4 Å². The maximum atomic E-state index is 13.2. The molecule has 9 nitrogen and oxygen atoms in total. The lowest BCUT2D eigenvalue weighted by Crippen LogP contribution is -2.54. The Balaban J connectivity index is 1.92. The second kappa shape index (κ2) is 8.64. The minimum atomic E-state index is -0.670. The van der Waals surface area contributed by atoms with Crippen LogP contribution in [0.15, 0.2) is 22.9 Å². The lowest BCUT2D eigenvalue weighted by atomic mass is 10.0. The lowest BCUT2D eigenvalue weighted by molar-refractivity contribution is 0.0182. The normalized spacial score (nSPS) is 17.5. The second-order valence-corrected chi connectivity index (χ2v) is 10.5. The molecule has 0 spiro atoms. The number of rotatable bonds is 2. The number of piperidine rings is 1. The standard InChI is InChI=1S/C21H30BrN5O4/c1-20(2,3)30-18(28)25-10-7-8-14(13-25)27(19(29)31-21(4,5)6)16-9-11-26-17(24-16)15(22)12-23-26/h9,11-12,14H,7-8,10,13H2,1-6H3. The molecule has 1 atom stereocenters. The van der Waals surface area contributed by atoms with Crippen molar-refractivity contribution in [1.82, 2.24) is 19.5 Å². The van der Waals surface area contributed by atoms with Crippen LogP contribution in [0.25, 0.3) is 5.65 Å². The van der Waals surface area contributed by atoms with Gasteiger partial charge in [0.25, 0.3) is 0 Å². The molecule has 1 unspecified atom stereocenters. The number of hydrogen-bond donors (Lipinski definition) is 0. The second-order valence-electron chi connectivity index (χ2n) is 9.62. The number of hydrogen-bond acceptors (Lipinski definition) is 6. The number of nitrogens with zero attached hydrogens (tertiary/aromatic N) is 5. The molecule has 0 bridgehead atoms. The SMILES string of the molecule is CC(C)(C)OC(=O)N1CCCC(N(C(=O)OC(C)(C)C)c2ccn3ncc(Br)c3n2)C1. The van der Waals surface area contributed by atoms with Crippen LogP contribution in [0.2, 0.25) is 0 Å². The number of carbonyl (C=O) groups excluding carboxylic acids is 2. The molecule has 1 fully saturated rings. The summed E-state index contributed by atoms with van der Waals surface area (Å²) in [5, 5.41) is 4.21. The van der Waals surface area contributed by atoms with Crippen molar-refractivity contribution >= 4 is 39.6 Å². The third kappa shape index (κ3) is 5.87. The molecular weight excluding hydrogens is 466 g/mol. The highest BCUT2D eigenvalue weighted by Crippen LogP contribution is 2.27. The van der Waals surface area contributed by atoms with Gasteiger partial charge in [0.15, 0.2) is 5.65 Å². The van der Waals surface area contributed by atoms with Crippen molar-refractivity contribution in [3.05, 3.63) is 22.9 Å². The monoisotopic (exact) mass is 495 g/mol.